The number of ether oxygens (including phenoxy) is 1. The van der Waals surface area contributed by atoms with E-state index in [9.17, 15) is 0 Å². The molecule has 0 radical (unpaired) electrons. The minimum atomic E-state index is 0.511. The van der Waals surface area contributed by atoms with E-state index >= 15 is 0 Å². The Kier molecular flexibility index (Phi) is 6.15. The number of likely N-dealkylation sites (tertiary alicyclic amines) is 1. The molecule has 1 N–H and O–H groups in total. The monoisotopic (exact) mass is 200 g/mol. The molecule has 3 nitrogen and oxygen atoms in total. The van der Waals surface area contributed by atoms with Gasteiger partial charge < -0.3 is 15.0 Å². The lowest BCUT2D eigenvalue weighted by molar-refractivity contribution is 0.0104. The maximum atomic E-state index is 5.79. The van der Waals surface area contributed by atoms with Crippen LogP contribution in [-0.4, -0.2) is 50.3 Å². The molecule has 0 spiro atoms. The van der Waals surface area contributed by atoms with Gasteiger partial charge >= 0.3 is 0 Å². The second kappa shape index (κ2) is 7.21. The van der Waals surface area contributed by atoms with Gasteiger partial charge in [-0.1, -0.05) is 13.8 Å². The van der Waals surface area contributed by atoms with Crippen molar-refractivity contribution in [2.75, 3.05) is 39.3 Å². The highest BCUT2D eigenvalue weighted by atomic mass is 16.5. The third-order valence-electron chi connectivity index (χ3n) is 2.86. The molecule has 1 aliphatic rings. The molecule has 3 heteroatoms. The minimum absolute atomic E-state index is 0.511. The van der Waals surface area contributed by atoms with Crippen molar-refractivity contribution in [1.29, 1.82) is 0 Å². The molecule has 0 aliphatic carbocycles. The van der Waals surface area contributed by atoms with Crippen molar-refractivity contribution < 1.29 is 4.74 Å². The van der Waals surface area contributed by atoms with E-state index in [-0.39, 0.29) is 0 Å². The van der Waals surface area contributed by atoms with Crippen LogP contribution in [-0.2, 0) is 4.74 Å². The van der Waals surface area contributed by atoms with Gasteiger partial charge in [-0.25, -0.2) is 0 Å². The summed E-state index contributed by atoms with van der Waals surface area (Å²) in [5.74, 6) is 0. The fourth-order valence-electron chi connectivity index (χ4n) is 1.87. The van der Waals surface area contributed by atoms with E-state index in [0.29, 0.717) is 6.10 Å². The van der Waals surface area contributed by atoms with Crippen molar-refractivity contribution in [3.8, 4) is 0 Å². The summed E-state index contributed by atoms with van der Waals surface area (Å²) in [6.07, 6.45) is 2.93. The van der Waals surface area contributed by atoms with Crippen LogP contribution < -0.4 is 5.32 Å². The molecule has 0 amide bonds. The van der Waals surface area contributed by atoms with Crippen LogP contribution in [0.3, 0.4) is 0 Å². The molecule has 14 heavy (non-hydrogen) atoms. The normalized spacial score (nSPS) is 20.1. The maximum Gasteiger partial charge on any atom is 0.0600 e. The Labute approximate surface area is 87.8 Å². The van der Waals surface area contributed by atoms with E-state index in [1.807, 2.05) is 0 Å². The van der Waals surface area contributed by atoms with Crippen LogP contribution in [0.2, 0.25) is 0 Å². The summed E-state index contributed by atoms with van der Waals surface area (Å²) in [4.78, 5) is 2.49. The number of likely N-dealkylation sites (N-methyl/N-ethyl adjacent to an activating group) is 1. The first-order valence-electron chi connectivity index (χ1n) is 5.91. The Hall–Kier alpha value is -0.120. The van der Waals surface area contributed by atoms with Crippen molar-refractivity contribution in [2.24, 2.45) is 0 Å². The van der Waals surface area contributed by atoms with E-state index in [1.54, 1.807) is 0 Å². The quantitative estimate of drug-likeness (QED) is 0.650. The zero-order valence-corrected chi connectivity index (χ0v) is 9.59. The number of nitrogens with one attached hydrogen (secondary N) is 1. The summed E-state index contributed by atoms with van der Waals surface area (Å²) < 4.78 is 5.79. The van der Waals surface area contributed by atoms with E-state index < -0.39 is 0 Å². The van der Waals surface area contributed by atoms with Gasteiger partial charge in [0.1, 0.15) is 0 Å². The topological polar surface area (TPSA) is 24.5 Å². The number of rotatable bonds is 6. The molecule has 0 atom stereocenters. The molecule has 1 saturated heterocycles. The van der Waals surface area contributed by atoms with Crippen LogP contribution >= 0.6 is 0 Å². The molecule has 1 fully saturated rings. The lowest BCUT2D eigenvalue weighted by atomic mass is 10.1. The lowest BCUT2D eigenvalue weighted by Gasteiger charge is -2.30. The van der Waals surface area contributed by atoms with Gasteiger partial charge in [0.2, 0.25) is 0 Å². The fraction of sp³-hybridized carbons (Fsp3) is 1.00. The highest BCUT2D eigenvalue weighted by Crippen LogP contribution is 2.12. The summed E-state index contributed by atoms with van der Waals surface area (Å²) in [5.41, 5.74) is 0. The summed E-state index contributed by atoms with van der Waals surface area (Å²) in [6, 6.07) is 0. The van der Waals surface area contributed by atoms with E-state index in [4.69, 9.17) is 4.74 Å². The summed E-state index contributed by atoms with van der Waals surface area (Å²) in [6.45, 7) is 10.9. The van der Waals surface area contributed by atoms with Gasteiger partial charge in [-0.3, -0.25) is 0 Å². The highest BCUT2D eigenvalue weighted by Gasteiger charge is 2.17. The largest absolute Gasteiger partial charge is 0.377 e. The standard InChI is InChI=1S/C11H24N2O/c1-3-12-7-10-14-11-5-8-13(4-2)9-6-11/h11-12H,3-10H2,1-2H3. The van der Waals surface area contributed by atoms with Gasteiger partial charge in [0.25, 0.3) is 0 Å². The predicted octanol–water partition coefficient (Wildman–Crippen LogP) is 1.10. The van der Waals surface area contributed by atoms with Crippen LogP contribution in [0.5, 0.6) is 0 Å². The van der Waals surface area contributed by atoms with E-state index in [1.165, 1.54) is 32.5 Å². The SMILES string of the molecule is CCNCCOC1CCN(CC)CC1. The highest BCUT2D eigenvalue weighted by molar-refractivity contribution is 4.71. The van der Waals surface area contributed by atoms with Crippen molar-refractivity contribution in [1.82, 2.24) is 10.2 Å². The Morgan fingerprint density at radius 3 is 2.57 bits per heavy atom. The van der Waals surface area contributed by atoms with Gasteiger partial charge in [-0.15, -0.1) is 0 Å². The van der Waals surface area contributed by atoms with Crippen molar-refractivity contribution in [3.63, 3.8) is 0 Å². The smallest absolute Gasteiger partial charge is 0.0600 e. The summed E-state index contributed by atoms with van der Waals surface area (Å²) in [7, 11) is 0. The first kappa shape index (κ1) is 12.0. The average Bonchev–Trinajstić information content (AvgIpc) is 2.25. The molecule has 0 bridgehead atoms. The average molecular weight is 200 g/mol. The Balaban J connectivity index is 1.98. The molecule has 1 rings (SSSR count). The summed E-state index contributed by atoms with van der Waals surface area (Å²) >= 11 is 0. The molecular weight excluding hydrogens is 176 g/mol. The van der Waals surface area contributed by atoms with Crippen LogP contribution in [0.15, 0.2) is 0 Å². The predicted molar refractivity (Wildman–Crippen MR) is 59.6 cm³/mol. The molecule has 0 saturated carbocycles. The third-order valence-corrected chi connectivity index (χ3v) is 2.86. The molecule has 0 aromatic heterocycles. The van der Waals surface area contributed by atoms with Crippen LogP contribution in [0.4, 0.5) is 0 Å². The van der Waals surface area contributed by atoms with E-state index in [2.05, 4.69) is 24.1 Å². The van der Waals surface area contributed by atoms with Crippen LogP contribution in [0.25, 0.3) is 0 Å². The van der Waals surface area contributed by atoms with Crippen molar-refractivity contribution in [3.05, 3.63) is 0 Å². The molecule has 1 heterocycles. The second-order valence-corrected chi connectivity index (χ2v) is 3.86. The second-order valence-electron chi connectivity index (χ2n) is 3.86. The number of nitrogens with zero attached hydrogens (tertiary/aromatic N) is 1. The molecule has 0 unspecified atom stereocenters. The molecule has 0 aromatic carbocycles. The fourth-order valence-corrected chi connectivity index (χ4v) is 1.87. The zero-order valence-electron chi connectivity index (χ0n) is 9.59. The van der Waals surface area contributed by atoms with Gasteiger partial charge in [0, 0.05) is 19.6 Å². The Morgan fingerprint density at radius 1 is 1.29 bits per heavy atom. The first-order valence-corrected chi connectivity index (χ1v) is 5.91. The molecule has 84 valence electrons. The Bertz CT molecular complexity index is 133. The van der Waals surface area contributed by atoms with E-state index in [0.717, 1.165) is 19.7 Å². The maximum absolute atomic E-state index is 5.79. The van der Waals surface area contributed by atoms with Gasteiger partial charge in [-0.05, 0) is 25.9 Å². The molecular formula is C11H24N2O. The lowest BCUT2D eigenvalue weighted by Crippen LogP contribution is -2.37. The number of hydrogen-bond donors (Lipinski definition) is 1. The van der Waals surface area contributed by atoms with Crippen LogP contribution in [0.1, 0.15) is 26.7 Å². The third kappa shape index (κ3) is 4.40. The Morgan fingerprint density at radius 2 is 2.00 bits per heavy atom. The van der Waals surface area contributed by atoms with Crippen LogP contribution in [0, 0.1) is 0 Å². The number of hydrogen-bond acceptors (Lipinski definition) is 3. The van der Waals surface area contributed by atoms with Crippen molar-refractivity contribution >= 4 is 0 Å². The van der Waals surface area contributed by atoms with Crippen molar-refractivity contribution in [2.45, 2.75) is 32.8 Å². The van der Waals surface area contributed by atoms with Gasteiger partial charge in [0.15, 0.2) is 0 Å². The minimum Gasteiger partial charge on any atom is -0.377 e. The molecule has 0 aromatic rings. The van der Waals surface area contributed by atoms with Gasteiger partial charge in [-0.2, -0.15) is 0 Å². The first-order chi connectivity index (χ1) is 6.86. The zero-order chi connectivity index (χ0) is 10.2. The van der Waals surface area contributed by atoms with Gasteiger partial charge in [0.05, 0.1) is 12.7 Å². The number of piperidine rings is 1. The summed E-state index contributed by atoms with van der Waals surface area (Å²) in [5, 5.41) is 3.27. The molecule has 1 aliphatic heterocycles.